The number of hydrogen-bond acceptors (Lipinski definition) is 4. The SMILES string of the molecule is CCC1SCCSC1c1nc2c(c(=O)[nH]1)CCCC2. The van der Waals surface area contributed by atoms with Crippen molar-refractivity contribution in [2.45, 2.75) is 49.5 Å². The van der Waals surface area contributed by atoms with Crippen molar-refractivity contribution in [1.82, 2.24) is 9.97 Å². The fourth-order valence-corrected chi connectivity index (χ4v) is 5.93. The summed E-state index contributed by atoms with van der Waals surface area (Å²) in [5.74, 6) is 3.30. The molecule has 0 amide bonds. The minimum atomic E-state index is 0.116. The topological polar surface area (TPSA) is 45.8 Å². The molecule has 3 nitrogen and oxygen atoms in total. The monoisotopic (exact) mass is 296 g/mol. The molecule has 3 rings (SSSR count). The Balaban J connectivity index is 1.96. The van der Waals surface area contributed by atoms with Gasteiger partial charge in [-0.2, -0.15) is 11.8 Å². The van der Waals surface area contributed by atoms with Crippen molar-refractivity contribution in [3.8, 4) is 0 Å². The summed E-state index contributed by atoms with van der Waals surface area (Å²) in [4.78, 5) is 20.1. The van der Waals surface area contributed by atoms with E-state index in [1.807, 2.05) is 23.5 Å². The molecule has 1 N–H and O–H groups in total. The molecule has 1 aliphatic heterocycles. The second kappa shape index (κ2) is 5.92. The zero-order valence-electron chi connectivity index (χ0n) is 11.3. The summed E-state index contributed by atoms with van der Waals surface area (Å²) in [6, 6.07) is 0. The maximum Gasteiger partial charge on any atom is 0.254 e. The molecule has 5 heteroatoms. The Morgan fingerprint density at radius 2 is 2.05 bits per heavy atom. The van der Waals surface area contributed by atoms with Crippen LogP contribution in [0.3, 0.4) is 0 Å². The second-order valence-corrected chi connectivity index (χ2v) is 7.79. The Morgan fingerprint density at radius 3 is 2.89 bits per heavy atom. The molecule has 0 saturated carbocycles. The van der Waals surface area contributed by atoms with Crippen LogP contribution in [0.1, 0.15) is 48.5 Å². The number of aromatic amines is 1. The van der Waals surface area contributed by atoms with Crippen LogP contribution in [-0.2, 0) is 12.8 Å². The lowest BCUT2D eigenvalue weighted by molar-refractivity contribution is 0.638. The van der Waals surface area contributed by atoms with Gasteiger partial charge in [0.1, 0.15) is 5.82 Å². The number of rotatable bonds is 2. The number of aromatic nitrogens is 2. The highest BCUT2D eigenvalue weighted by Gasteiger charge is 2.29. The second-order valence-electron chi connectivity index (χ2n) is 5.19. The van der Waals surface area contributed by atoms with Gasteiger partial charge in [-0.15, -0.1) is 11.8 Å². The summed E-state index contributed by atoms with van der Waals surface area (Å²) < 4.78 is 0. The number of thioether (sulfide) groups is 2. The minimum Gasteiger partial charge on any atom is -0.309 e. The highest BCUT2D eigenvalue weighted by molar-refractivity contribution is 8.06. The molecule has 1 saturated heterocycles. The first kappa shape index (κ1) is 13.6. The van der Waals surface area contributed by atoms with Crippen LogP contribution in [0.5, 0.6) is 0 Å². The van der Waals surface area contributed by atoms with Crippen LogP contribution in [0.4, 0.5) is 0 Å². The van der Waals surface area contributed by atoms with Gasteiger partial charge in [0.05, 0.1) is 10.9 Å². The van der Waals surface area contributed by atoms with Crippen LogP contribution in [0.15, 0.2) is 4.79 Å². The molecule has 0 aromatic carbocycles. The van der Waals surface area contributed by atoms with Crippen LogP contribution in [0, 0.1) is 0 Å². The van der Waals surface area contributed by atoms with Gasteiger partial charge in [-0.05, 0) is 32.1 Å². The van der Waals surface area contributed by atoms with Crippen molar-refractivity contribution in [1.29, 1.82) is 0 Å². The van der Waals surface area contributed by atoms with Gasteiger partial charge in [-0.3, -0.25) is 4.79 Å². The van der Waals surface area contributed by atoms with Gasteiger partial charge in [-0.25, -0.2) is 4.98 Å². The molecule has 1 fully saturated rings. The van der Waals surface area contributed by atoms with E-state index >= 15 is 0 Å². The number of H-pyrrole nitrogens is 1. The van der Waals surface area contributed by atoms with Gasteiger partial charge < -0.3 is 4.98 Å². The van der Waals surface area contributed by atoms with E-state index in [4.69, 9.17) is 4.98 Å². The molecular formula is C14H20N2OS2. The quantitative estimate of drug-likeness (QED) is 0.911. The Kier molecular flexibility index (Phi) is 4.22. The molecule has 1 aromatic rings. The van der Waals surface area contributed by atoms with Crippen molar-refractivity contribution in [3.63, 3.8) is 0 Å². The molecule has 1 aromatic heterocycles. The maximum absolute atomic E-state index is 12.2. The molecule has 1 aliphatic carbocycles. The summed E-state index contributed by atoms with van der Waals surface area (Å²) in [6.45, 7) is 2.23. The lowest BCUT2D eigenvalue weighted by atomic mass is 9.97. The molecule has 0 radical (unpaired) electrons. The fraction of sp³-hybridized carbons (Fsp3) is 0.714. The lowest BCUT2D eigenvalue weighted by Gasteiger charge is -2.29. The predicted molar refractivity (Wildman–Crippen MR) is 83.2 cm³/mol. The van der Waals surface area contributed by atoms with E-state index in [2.05, 4.69) is 11.9 Å². The highest BCUT2D eigenvalue weighted by Crippen LogP contribution is 2.42. The van der Waals surface area contributed by atoms with Gasteiger partial charge in [-0.1, -0.05) is 6.92 Å². The van der Waals surface area contributed by atoms with Crippen LogP contribution >= 0.6 is 23.5 Å². The minimum absolute atomic E-state index is 0.116. The lowest BCUT2D eigenvalue weighted by Crippen LogP contribution is -2.27. The van der Waals surface area contributed by atoms with E-state index in [0.29, 0.717) is 10.5 Å². The molecule has 2 atom stereocenters. The third-order valence-corrected chi connectivity index (χ3v) is 7.19. The third kappa shape index (κ3) is 2.72. The predicted octanol–water partition coefficient (Wildman–Crippen LogP) is 2.95. The van der Waals surface area contributed by atoms with E-state index in [9.17, 15) is 4.79 Å². The van der Waals surface area contributed by atoms with E-state index in [-0.39, 0.29) is 5.56 Å². The highest BCUT2D eigenvalue weighted by atomic mass is 32.2. The van der Waals surface area contributed by atoms with Gasteiger partial charge in [0.2, 0.25) is 0 Å². The molecule has 19 heavy (non-hydrogen) atoms. The fourth-order valence-electron chi connectivity index (χ4n) is 2.91. The third-order valence-electron chi connectivity index (χ3n) is 3.93. The van der Waals surface area contributed by atoms with Crippen molar-refractivity contribution in [2.75, 3.05) is 11.5 Å². The maximum atomic E-state index is 12.2. The van der Waals surface area contributed by atoms with Crippen LogP contribution in [-0.4, -0.2) is 26.7 Å². The molecule has 104 valence electrons. The first-order valence-corrected chi connectivity index (χ1v) is 9.24. The molecule has 0 spiro atoms. The number of nitrogens with one attached hydrogen (secondary N) is 1. The first-order valence-electron chi connectivity index (χ1n) is 7.14. The average Bonchev–Trinajstić information content (AvgIpc) is 2.47. The van der Waals surface area contributed by atoms with E-state index < -0.39 is 0 Å². The molecule has 2 heterocycles. The van der Waals surface area contributed by atoms with E-state index in [1.54, 1.807) is 0 Å². The normalized spacial score (nSPS) is 27.0. The van der Waals surface area contributed by atoms with E-state index in [1.165, 1.54) is 12.2 Å². The number of hydrogen-bond donors (Lipinski definition) is 1. The van der Waals surface area contributed by atoms with Crippen LogP contribution in [0.2, 0.25) is 0 Å². The Bertz CT molecular complexity index is 515. The standard InChI is InChI=1S/C14H20N2OS2/c1-2-11-12(19-8-7-18-11)13-15-10-6-4-3-5-9(10)14(17)16-13/h11-12H,2-8H2,1H3,(H,15,16,17). The zero-order chi connectivity index (χ0) is 13.2. The molecule has 2 unspecified atom stereocenters. The first-order chi connectivity index (χ1) is 9.29. The zero-order valence-corrected chi connectivity index (χ0v) is 12.9. The van der Waals surface area contributed by atoms with Crippen LogP contribution < -0.4 is 5.56 Å². The van der Waals surface area contributed by atoms with Gasteiger partial charge in [0, 0.05) is 22.3 Å². The summed E-state index contributed by atoms with van der Waals surface area (Å²) in [7, 11) is 0. The van der Waals surface area contributed by atoms with Crippen molar-refractivity contribution >= 4 is 23.5 Å². The van der Waals surface area contributed by atoms with Gasteiger partial charge in [0.15, 0.2) is 0 Å². The number of fused-ring (bicyclic) bond motifs is 1. The Morgan fingerprint density at radius 1 is 1.26 bits per heavy atom. The van der Waals surface area contributed by atoms with Crippen molar-refractivity contribution < 1.29 is 0 Å². The van der Waals surface area contributed by atoms with Gasteiger partial charge >= 0.3 is 0 Å². The Labute approximate surface area is 122 Å². The summed E-state index contributed by atoms with van der Waals surface area (Å²) >= 11 is 3.98. The molecule has 0 bridgehead atoms. The smallest absolute Gasteiger partial charge is 0.254 e. The van der Waals surface area contributed by atoms with Crippen molar-refractivity contribution in [3.05, 3.63) is 27.4 Å². The summed E-state index contributed by atoms with van der Waals surface area (Å²) in [6.07, 6.45) is 5.33. The van der Waals surface area contributed by atoms with Crippen molar-refractivity contribution in [2.24, 2.45) is 0 Å². The van der Waals surface area contributed by atoms with Crippen LogP contribution in [0.25, 0.3) is 0 Å². The average molecular weight is 296 g/mol. The summed E-state index contributed by atoms with van der Waals surface area (Å²) in [5.41, 5.74) is 2.12. The molecular weight excluding hydrogens is 276 g/mol. The number of nitrogens with zero attached hydrogens (tertiary/aromatic N) is 1. The van der Waals surface area contributed by atoms with E-state index in [0.717, 1.165) is 48.5 Å². The molecule has 2 aliphatic rings. The summed E-state index contributed by atoms with van der Waals surface area (Å²) in [5, 5.41) is 0.951. The largest absolute Gasteiger partial charge is 0.309 e. The Hall–Kier alpha value is -0.420. The van der Waals surface area contributed by atoms with Gasteiger partial charge in [0.25, 0.3) is 5.56 Å². The number of aryl methyl sites for hydroxylation is 1.